The van der Waals surface area contributed by atoms with Gasteiger partial charge in [0.05, 0.1) is 18.1 Å². The lowest BCUT2D eigenvalue weighted by atomic mass is 9.76. The van der Waals surface area contributed by atoms with E-state index in [0.29, 0.717) is 5.92 Å². The summed E-state index contributed by atoms with van der Waals surface area (Å²) < 4.78 is 6.60. The minimum atomic E-state index is -0.315. The second kappa shape index (κ2) is 6.43. The number of anilines is 1. The zero-order valence-corrected chi connectivity index (χ0v) is 16.1. The van der Waals surface area contributed by atoms with Crippen molar-refractivity contribution in [3.8, 4) is 5.75 Å². The third-order valence-corrected chi connectivity index (χ3v) is 5.88. The third kappa shape index (κ3) is 2.69. The first kappa shape index (κ1) is 17.1. The Morgan fingerprint density at radius 3 is 2.81 bits per heavy atom. The van der Waals surface area contributed by atoms with Crippen LogP contribution in [-0.4, -0.2) is 12.0 Å². The summed E-state index contributed by atoms with van der Waals surface area (Å²) in [6.07, 6.45) is 5.29. The predicted octanol–water partition coefficient (Wildman–Crippen LogP) is 5.50. The van der Waals surface area contributed by atoms with Crippen LogP contribution in [-0.2, 0) is 0 Å². The average molecular weight is 415 g/mol. The number of fused-ring (bicyclic) bond motifs is 3. The van der Waals surface area contributed by atoms with Crippen LogP contribution in [0.3, 0.4) is 0 Å². The van der Waals surface area contributed by atoms with Gasteiger partial charge in [-0.3, -0.25) is 10.1 Å². The van der Waals surface area contributed by atoms with E-state index in [0.717, 1.165) is 39.0 Å². The van der Waals surface area contributed by atoms with Crippen molar-refractivity contribution in [1.29, 1.82) is 0 Å². The number of aryl methyl sites for hydroxylation is 1. The summed E-state index contributed by atoms with van der Waals surface area (Å²) in [6.45, 7) is 1.92. The van der Waals surface area contributed by atoms with E-state index in [4.69, 9.17) is 4.74 Å². The van der Waals surface area contributed by atoms with Gasteiger partial charge < -0.3 is 10.1 Å². The summed E-state index contributed by atoms with van der Waals surface area (Å²) in [5.74, 6) is 1.31. The zero-order valence-electron chi connectivity index (χ0n) is 14.5. The normalized spacial score (nSPS) is 23.1. The van der Waals surface area contributed by atoms with Gasteiger partial charge >= 0.3 is 0 Å². The summed E-state index contributed by atoms with van der Waals surface area (Å²) in [4.78, 5) is 11.0. The van der Waals surface area contributed by atoms with Crippen molar-refractivity contribution in [2.75, 3.05) is 12.4 Å². The number of nitro benzene ring substituents is 1. The summed E-state index contributed by atoms with van der Waals surface area (Å²) in [6, 6.07) is 9.47. The van der Waals surface area contributed by atoms with E-state index < -0.39 is 0 Å². The van der Waals surface area contributed by atoms with Gasteiger partial charge in [-0.15, -0.1) is 0 Å². The van der Waals surface area contributed by atoms with Crippen LogP contribution < -0.4 is 10.1 Å². The number of allylic oxidation sites excluding steroid dienone is 2. The number of nitrogens with zero attached hydrogens (tertiary/aromatic N) is 1. The van der Waals surface area contributed by atoms with Crippen LogP contribution in [0.1, 0.15) is 35.1 Å². The van der Waals surface area contributed by atoms with Gasteiger partial charge in [-0.1, -0.05) is 28.1 Å². The Balaban J connectivity index is 1.86. The number of non-ortho nitro benzene ring substituents is 1. The maximum atomic E-state index is 11.3. The smallest absolute Gasteiger partial charge is 0.270 e. The fraction of sp³-hybridized carbons (Fsp3) is 0.300. The Morgan fingerprint density at radius 1 is 1.27 bits per heavy atom. The Kier molecular flexibility index (Phi) is 4.23. The minimum Gasteiger partial charge on any atom is -0.496 e. The van der Waals surface area contributed by atoms with E-state index in [-0.39, 0.29) is 22.6 Å². The maximum absolute atomic E-state index is 11.3. The van der Waals surface area contributed by atoms with E-state index in [1.54, 1.807) is 19.2 Å². The monoisotopic (exact) mass is 414 g/mol. The van der Waals surface area contributed by atoms with Gasteiger partial charge in [0.15, 0.2) is 0 Å². The number of halogens is 1. The molecule has 0 aromatic heterocycles. The van der Waals surface area contributed by atoms with E-state index in [1.807, 2.05) is 19.1 Å². The number of methoxy groups -OCH3 is 1. The Morgan fingerprint density at radius 2 is 2.08 bits per heavy atom. The molecule has 134 valence electrons. The number of nitro groups is 1. The molecule has 2 aromatic rings. The van der Waals surface area contributed by atoms with E-state index in [1.165, 1.54) is 0 Å². The molecule has 0 amide bonds. The fourth-order valence-electron chi connectivity index (χ4n) is 4.23. The first-order valence-electron chi connectivity index (χ1n) is 8.55. The highest BCUT2D eigenvalue weighted by Gasteiger charge is 2.40. The van der Waals surface area contributed by atoms with Crippen molar-refractivity contribution < 1.29 is 9.66 Å². The Labute approximate surface area is 160 Å². The molecule has 1 aliphatic heterocycles. The van der Waals surface area contributed by atoms with Crippen LogP contribution in [0.25, 0.3) is 0 Å². The van der Waals surface area contributed by atoms with E-state index in [9.17, 15) is 10.1 Å². The SMILES string of the molecule is COc1ccc(Br)cc1[C@@H]1Nc2c(C)cc([N+](=O)[O-])cc2[C@H]2C=CC[C@H]21. The number of ether oxygens (including phenoxy) is 1. The van der Waals surface area contributed by atoms with Gasteiger partial charge in [-0.05, 0) is 48.6 Å². The number of benzene rings is 2. The molecule has 0 fully saturated rings. The van der Waals surface area contributed by atoms with E-state index >= 15 is 0 Å². The van der Waals surface area contributed by atoms with Crippen molar-refractivity contribution >= 4 is 27.3 Å². The Hall–Kier alpha value is -2.34. The quantitative estimate of drug-likeness (QED) is 0.409. The van der Waals surface area contributed by atoms with E-state index in [2.05, 4.69) is 39.5 Å². The first-order chi connectivity index (χ1) is 12.5. The van der Waals surface area contributed by atoms with Crippen LogP contribution in [0.2, 0.25) is 0 Å². The molecule has 1 N–H and O–H groups in total. The fourth-order valence-corrected chi connectivity index (χ4v) is 4.61. The number of nitrogens with one attached hydrogen (secondary N) is 1. The van der Waals surface area contributed by atoms with Gasteiger partial charge in [0, 0.05) is 33.8 Å². The first-order valence-corrected chi connectivity index (χ1v) is 9.34. The third-order valence-electron chi connectivity index (χ3n) is 5.39. The topological polar surface area (TPSA) is 64.4 Å². The van der Waals surface area contributed by atoms with Crippen LogP contribution in [0, 0.1) is 23.0 Å². The molecular formula is C20H19BrN2O3. The number of hydrogen-bond acceptors (Lipinski definition) is 4. The molecule has 0 unspecified atom stereocenters. The molecule has 3 atom stereocenters. The highest BCUT2D eigenvalue weighted by molar-refractivity contribution is 9.10. The molecule has 2 aromatic carbocycles. The molecular weight excluding hydrogens is 396 g/mol. The predicted molar refractivity (Wildman–Crippen MR) is 105 cm³/mol. The molecule has 0 radical (unpaired) electrons. The molecule has 1 aliphatic carbocycles. The summed E-state index contributed by atoms with van der Waals surface area (Å²) in [5, 5.41) is 14.9. The standard InChI is InChI=1S/C20H19BrN2O3/c1-11-8-13(23(24)25)10-16-14-4-3-5-15(14)20(22-19(11)16)17-9-12(21)6-7-18(17)26-2/h3-4,6-10,14-15,20,22H,5H2,1-2H3/t14-,15+,20+/m0/s1. The number of hydrogen-bond donors (Lipinski definition) is 1. The van der Waals surface area contributed by atoms with Gasteiger partial charge in [-0.25, -0.2) is 0 Å². The highest BCUT2D eigenvalue weighted by Crippen LogP contribution is 2.52. The highest BCUT2D eigenvalue weighted by atomic mass is 79.9. The van der Waals surface area contributed by atoms with Gasteiger partial charge in [-0.2, -0.15) is 0 Å². The number of rotatable bonds is 3. The van der Waals surface area contributed by atoms with Gasteiger partial charge in [0.2, 0.25) is 0 Å². The lowest BCUT2D eigenvalue weighted by molar-refractivity contribution is -0.385. The summed E-state index contributed by atoms with van der Waals surface area (Å²) in [7, 11) is 1.68. The molecule has 4 rings (SSSR count). The van der Waals surface area contributed by atoms with Gasteiger partial charge in [0.1, 0.15) is 5.75 Å². The van der Waals surface area contributed by atoms with Crippen LogP contribution in [0.4, 0.5) is 11.4 Å². The summed E-state index contributed by atoms with van der Waals surface area (Å²) in [5.41, 5.74) is 4.16. The van der Waals surface area contributed by atoms with Crippen molar-refractivity contribution in [3.63, 3.8) is 0 Å². The summed E-state index contributed by atoms with van der Waals surface area (Å²) >= 11 is 3.56. The molecule has 5 nitrogen and oxygen atoms in total. The maximum Gasteiger partial charge on any atom is 0.270 e. The molecule has 1 heterocycles. The van der Waals surface area contributed by atoms with Crippen molar-refractivity contribution in [2.45, 2.75) is 25.3 Å². The van der Waals surface area contributed by atoms with Crippen LogP contribution >= 0.6 is 15.9 Å². The minimum absolute atomic E-state index is 0.0788. The molecule has 2 aliphatic rings. The average Bonchev–Trinajstić information content (AvgIpc) is 3.11. The van der Waals surface area contributed by atoms with Crippen LogP contribution in [0.15, 0.2) is 47.0 Å². The lowest BCUT2D eigenvalue weighted by Crippen LogP contribution is -2.30. The molecule has 0 saturated carbocycles. The van der Waals surface area contributed by atoms with Crippen molar-refractivity contribution in [1.82, 2.24) is 0 Å². The zero-order chi connectivity index (χ0) is 18.4. The van der Waals surface area contributed by atoms with Crippen molar-refractivity contribution in [3.05, 3.63) is 73.8 Å². The second-order valence-electron chi connectivity index (χ2n) is 6.85. The largest absolute Gasteiger partial charge is 0.496 e. The Bertz CT molecular complexity index is 926. The lowest BCUT2D eigenvalue weighted by Gasteiger charge is -2.38. The van der Waals surface area contributed by atoms with Crippen LogP contribution in [0.5, 0.6) is 5.75 Å². The second-order valence-corrected chi connectivity index (χ2v) is 7.76. The molecule has 0 saturated heterocycles. The molecule has 0 bridgehead atoms. The molecule has 6 heteroatoms. The van der Waals surface area contributed by atoms with Gasteiger partial charge in [0.25, 0.3) is 5.69 Å². The van der Waals surface area contributed by atoms with Crippen molar-refractivity contribution in [2.24, 2.45) is 5.92 Å². The molecule has 26 heavy (non-hydrogen) atoms. The molecule has 0 spiro atoms.